The number of hydrogen-bond acceptors (Lipinski definition) is 2. The van der Waals surface area contributed by atoms with E-state index >= 15 is 0 Å². The summed E-state index contributed by atoms with van der Waals surface area (Å²) in [6, 6.07) is 18.8. The van der Waals surface area contributed by atoms with Crippen LogP contribution in [0.2, 0.25) is 0 Å². The van der Waals surface area contributed by atoms with Crippen molar-refractivity contribution >= 4 is 11.9 Å². The van der Waals surface area contributed by atoms with Gasteiger partial charge in [0, 0.05) is 13.0 Å². The molecule has 0 spiro atoms. The lowest BCUT2D eigenvalue weighted by atomic mass is 9.81. The molecule has 0 aliphatic rings. The Bertz CT molecular complexity index is 681. The van der Waals surface area contributed by atoms with Crippen LogP contribution in [0.5, 0.6) is 0 Å². The van der Waals surface area contributed by atoms with E-state index in [0.717, 1.165) is 5.56 Å². The molecule has 24 heavy (non-hydrogen) atoms. The van der Waals surface area contributed by atoms with Gasteiger partial charge in [0.2, 0.25) is 5.91 Å². The van der Waals surface area contributed by atoms with E-state index in [9.17, 15) is 14.7 Å². The second kappa shape index (κ2) is 7.77. The van der Waals surface area contributed by atoms with Crippen LogP contribution >= 0.6 is 0 Å². The zero-order valence-electron chi connectivity index (χ0n) is 14.0. The molecule has 0 aromatic heterocycles. The van der Waals surface area contributed by atoms with Gasteiger partial charge in [0.15, 0.2) is 0 Å². The van der Waals surface area contributed by atoms with Crippen LogP contribution in [0.4, 0.5) is 0 Å². The average Bonchev–Trinajstić information content (AvgIpc) is 2.56. The molecule has 2 aromatic rings. The topological polar surface area (TPSA) is 66.4 Å². The number of hydrogen-bond donors (Lipinski definition) is 2. The van der Waals surface area contributed by atoms with Gasteiger partial charge in [-0.3, -0.25) is 9.59 Å². The third-order valence-corrected chi connectivity index (χ3v) is 4.16. The van der Waals surface area contributed by atoms with Crippen molar-refractivity contribution in [2.45, 2.75) is 31.6 Å². The highest BCUT2D eigenvalue weighted by atomic mass is 16.4. The summed E-state index contributed by atoms with van der Waals surface area (Å²) >= 11 is 0. The number of carbonyl (C=O) groups is 2. The summed E-state index contributed by atoms with van der Waals surface area (Å²) in [5, 5.41) is 12.2. The summed E-state index contributed by atoms with van der Waals surface area (Å²) in [5.41, 5.74) is 1.46. The number of carboxylic acids is 1. The number of carbonyl (C=O) groups excluding carboxylic acids is 1. The molecule has 0 aliphatic carbocycles. The Labute approximate surface area is 142 Å². The minimum Gasteiger partial charge on any atom is -0.481 e. The molecule has 4 heteroatoms. The highest BCUT2D eigenvalue weighted by Crippen LogP contribution is 2.26. The van der Waals surface area contributed by atoms with Crippen molar-refractivity contribution in [3.05, 3.63) is 71.8 Å². The van der Waals surface area contributed by atoms with E-state index in [0.29, 0.717) is 12.0 Å². The molecule has 0 saturated carbocycles. The summed E-state index contributed by atoms with van der Waals surface area (Å²) in [7, 11) is 0. The Balaban J connectivity index is 1.98. The monoisotopic (exact) mass is 325 g/mol. The van der Waals surface area contributed by atoms with Gasteiger partial charge in [0.1, 0.15) is 0 Å². The summed E-state index contributed by atoms with van der Waals surface area (Å²) in [5.74, 6) is -1.83. The molecule has 2 aromatic carbocycles. The molecule has 4 nitrogen and oxygen atoms in total. The number of rotatable bonds is 7. The van der Waals surface area contributed by atoms with E-state index in [1.165, 1.54) is 0 Å². The van der Waals surface area contributed by atoms with Gasteiger partial charge < -0.3 is 10.4 Å². The van der Waals surface area contributed by atoms with Gasteiger partial charge in [-0.05, 0) is 16.5 Å². The first-order valence-corrected chi connectivity index (χ1v) is 8.00. The molecule has 0 saturated heterocycles. The number of aliphatic carboxylic acids is 1. The van der Waals surface area contributed by atoms with E-state index in [1.807, 2.05) is 50.2 Å². The van der Waals surface area contributed by atoms with Gasteiger partial charge in [0.25, 0.3) is 0 Å². The molecule has 0 heterocycles. The zero-order valence-corrected chi connectivity index (χ0v) is 14.0. The molecule has 2 rings (SSSR count). The van der Waals surface area contributed by atoms with Crippen molar-refractivity contribution in [1.82, 2.24) is 5.32 Å². The third kappa shape index (κ3) is 4.69. The lowest BCUT2D eigenvalue weighted by Gasteiger charge is -2.25. The Hall–Kier alpha value is -2.62. The largest absolute Gasteiger partial charge is 0.481 e. The first-order valence-electron chi connectivity index (χ1n) is 8.00. The Morgan fingerprint density at radius 2 is 1.54 bits per heavy atom. The van der Waals surface area contributed by atoms with Gasteiger partial charge in [-0.1, -0.05) is 74.5 Å². The van der Waals surface area contributed by atoms with E-state index < -0.39 is 11.9 Å². The predicted octanol–water partition coefficient (Wildman–Crippen LogP) is 3.34. The fraction of sp³-hybridized carbons (Fsp3) is 0.300. The Morgan fingerprint density at radius 1 is 1.00 bits per heavy atom. The van der Waals surface area contributed by atoms with Crippen LogP contribution in [0.25, 0.3) is 0 Å². The predicted molar refractivity (Wildman–Crippen MR) is 93.9 cm³/mol. The second-order valence-electron chi connectivity index (χ2n) is 6.53. The van der Waals surface area contributed by atoms with Crippen LogP contribution in [-0.4, -0.2) is 23.5 Å². The maximum atomic E-state index is 12.3. The molecule has 2 N–H and O–H groups in total. The van der Waals surface area contributed by atoms with Crippen molar-refractivity contribution in [3.8, 4) is 0 Å². The highest BCUT2D eigenvalue weighted by molar-refractivity contribution is 5.80. The smallest absolute Gasteiger partial charge is 0.312 e. The van der Waals surface area contributed by atoms with Crippen molar-refractivity contribution in [3.63, 3.8) is 0 Å². The summed E-state index contributed by atoms with van der Waals surface area (Å²) in [6.45, 7) is 4.10. The standard InChI is InChI=1S/C20H23NO3/c1-20(2,16-11-7-4-8-12-16)13-18(22)21-14-17(19(23)24)15-9-5-3-6-10-15/h3-12,17H,13-14H2,1-2H3,(H,21,22)(H,23,24). The maximum Gasteiger partial charge on any atom is 0.312 e. The van der Waals surface area contributed by atoms with E-state index in [4.69, 9.17) is 0 Å². The lowest BCUT2D eigenvalue weighted by molar-refractivity contribution is -0.138. The molecule has 1 unspecified atom stereocenters. The number of nitrogens with one attached hydrogen (secondary N) is 1. The van der Waals surface area contributed by atoms with Crippen molar-refractivity contribution in [1.29, 1.82) is 0 Å². The molecule has 0 bridgehead atoms. The molecule has 0 radical (unpaired) electrons. The zero-order chi connectivity index (χ0) is 17.6. The van der Waals surface area contributed by atoms with Gasteiger partial charge >= 0.3 is 5.97 Å². The molecular formula is C20H23NO3. The first kappa shape index (κ1) is 17.7. The summed E-state index contributed by atoms with van der Waals surface area (Å²) < 4.78 is 0. The number of benzene rings is 2. The van der Waals surface area contributed by atoms with E-state index in [2.05, 4.69) is 5.32 Å². The molecule has 0 aliphatic heterocycles. The van der Waals surface area contributed by atoms with Gasteiger partial charge in [-0.2, -0.15) is 0 Å². The van der Waals surface area contributed by atoms with Crippen molar-refractivity contribution in [2.75, 3.05) is 6.54 Å². The summed E-state index contributed by atoms with van der Waals surface area (Å²) in [4.78, 5) is 23.8. The van der Waals surface area contributed by atoms with Crippen LogP contribution in [0.3, 0.4) is 0 Å². The highest BCUT2D eigenvalue weighted by Gasteiger charge is 2.25. The third-order valence-electron chi connectivity index (χ3n) is 4.16. The van der Waals surface area contributed by atoms with E-state index in [-0.39, 0.29) is 17.9 Å². The van der Waals surface area contributed by atoms with Gasteiger partial charge in [0.05, 0.1) is 5.92 Å². The molecule has 126 valence electrons. The lowest BCUT2D eigenvalue weighted by Crippen LogP contribution is -2.35. The first-order chi connectivity index (χ1) is 11.4. The minimum atomic E-state index is -0.941. The van der Waals surface area contributed by atoms with Crippen LogP contribution < -0.4 is 5.32 Å². The quantitative estimate of drug-likeness (QED) is 0.820. The van der Waals surface area contributed by atoms with Crippen molar-refractivity contribution < 1.29 is 14.7 Å². The normalized spacial score (nSPS) is 12.4. The average molecular weight is 325 g/mol. The van der Waals surface area contributed by atoms with E-state index in [1.54, 1.807) is 24.3 Å². The molecule has 0 fully saturated rings. The van der Waals surface area contributed by atoms with Crippen LogP contribution in [0.1, 0.15) is 37.3 Å². The van der Waals surface area contributed by atoms with Crippen LogP contribution in [-0.2, 0) is 15.0 Å². The Kier molecular flexibility index (Phi) is 5.74. The minimum absolute atomic E-state index is 0.0864. The number of carboxylic acid groups (broad SMARTS) is 1. The van der Waals surface area contributed by atoms with Crippen LogP contribution in [0, 0.1) is 0 Å². The van der Waals surface area contributed by atoms with Gasteiger partial charge in [-0.15, -0.1) is 0 Å². The summed E-state index contributed by atoms with van der Waals surface area (Å²) in [6.07, 6.45) is 0.304. The fourth-order valence-electron chi connectivity index (χ4n) is 2.70. The maximum absolute atomic E-state index is 12.3. The molecule has 1 amide bonds. The molecular weight excluding hydrogens is 302 g/mol. The SMILES string of the molecule is CC(C)(CC(=O)NCC(C(=O)O)c1ccccc1)c1ccccc1. The number of amides is 1. The van der Waals surface area contributed by atoms with Crippen molar-refractivity contribution in [2.24, 2.45) is 0 Å². The second-order valence-corrected chi connectivity index (χ2v) is 6.53. The fourth-order valence-corrected chi connectivity index (χ4v) is 2.70. The van der Waals surface area contributed by atoms with Crippen LogP contribution in [0.15, 0.2) is 60.7 Å². The molecule has 1 atom stereocenters. The van der Waals surface area contributed by atoms with Gasteiger partial charge in [-0.25, -0.2) is 0 Å². The Morgan fingerprint density at radius 3 is 2.08 bits per heavy atom.